The molecule has 2 heterocycles. The summed E-state index contributed by atoms with van der Waals surface area (Å²) in [5.41, 5.74) is 2.69. The van der Waals surface area contributed by atoms with Crippen LogP contribution < -0.4 is 10.1 Å². The third kappa shape index (κ3) is 5.52. The largest absolute Gasteiger partial charge is 0.497 e. The van der Waals surface area contributed by atoms with Gasteiger partial charge in [0, 0.05) is 49.2 Å². The summed E-state index contributed by atoms with van der Waals surface area (Å²) in [6.07, 6.45) is 0. The number of carbonyl (C=O) groups excluding carboxylic acids is 2. The Morgan fingerprint density at radius 1 is 1.03 bits per heavy atom. The van der Waals surface area contributed by atoms with Crippen molar-refractivity contribution in [3.05, 3.63) is 71.2 Å². The quantitative estimate of drug-likeness (QED) is 0.599. The van der Waals surface area contributed by atoms with E-state index in [9.17, 15) is 9.59 Å². The second-order valence-electron chi connectivity index (χ2n) is 7.58. The van der Waals surface area contributed by atoms with Crippen molar-refractivity contribution >= 4 is 23.2 Å². The highest BCUT2D eigenvalue weighted by molar-refractivity contribution is 7.13. The molecular weight excluding hydrogens is 424 g/mol. The van der Waals surface area contributed by atoms with E-state index in [1.165, 1.54) is 0 Å². The number of hydrogen-bond donors (Lipinski definition) is 1. The van der Waals surface area contributed by atoms with Gasteiger partial charge in [-0.25, -0.2) is 4.98 Å². The Morgan fingerprint density at radius 3 is 2.44 bits per heavy atom. The minimum atomic E-state index is -0.266. The van der Waals surface area contributed by atoms with Crippen molar-refractivity contribution in [3.8, 4) is 16.3 Å². The molecule has 0 unspecified atom stereocenters. The van der Waals surface area contributed by atoms with Crippen molar-refractivity contribution in [2.75, 3.05) is 39.8 Å². The van der Waals surface area contributed by atoms with Gasteiger partial charge < -0.3 is 15.0 Å². The van der Waals surface area contributed by atoms with Crippen LogP contribution in [-0.2, 0) is 11.3 Å². The van der Waals surface area contributed by atoms with Crippen LogP contribution in [0.3, 0.4) is 0 Å². The molecule has 1 aliphatic rings. The fraction of sp³-hybridized carbons (Fsp3) is 0.292. The van der Waals surface area contributed by atoms with Crippen LogP contribution in [0.2, 0.25) is 0 Å². The maximum atomic E-state index is 12.5. The van der Waals surface area contributed by atoms with E-state index in [1.807, 2.05) is 18.2 Å². The highest BCUT2D eigenvalue weighted by Gasteiger charge is 2.22. The predicted octanol–water partition coefficient (Wildman–Crippen LogP) is 2.89. The summed E-state index contributed by atoms with van der Waals surface area (Å²) < 4.78 is 5.09. The van der Waals surface area contributed by atoms with Gasteiger partial charge in [0.15, 0.2) is 0 Å². The monoisotopic (exact) mass is 450 g/mol. The Balaban J connectivity index is 1.21. The minimum absolute atomic E-state index is 0.00259. The van der Waals surface area contributed by atoms with Crippen molar-refractivity contribution in [2.24, 2.45) is 0 Å². The first-order chi connectivity index (χ1) is 15.6. The van der Waals surface area contributed by atoms with Crippen molar-refractivity contribution in [2.45, 2.75) is 6.54 Å². The molecule has 1 N–H and O–H groups in total. The zero-order chi connectivity index (χ0) is 22.3. The van der Waals surface area contributed by atoms with Gasteiger partial charge in [0.05, 0.1) is 19.3 Å². The second-order valence-corrected chi connectivity index (χ2v) is 8.44. The first kappa shape index (κ1) is 22.0. The van der Waals surface area contributed by atoms with Gasteiger partial charge in [0.25, 0.3) is 5.91 Å². The Hall–Kier alpha value is -3.23. The van der Waals surface area contributed by atoms with Crippen molar-refractivity contribution in [1.29, 1.82) is 0 Å². The lowest BCUT2D eigenvalue weighted by atomic mass is 10.2. The molecule has 1 aromatic heterocycles. The Labute approximate surface area is 191 Å². The smallest absolute Gasteiger partial charge is 0.251 e. The first-order valence-corrected chi connectivity index (χ1v) is 11.4. The van der Waals surface area contributed by atoms with Crippen LogP contribution >= 0.6 is 11.3 Å². The van der Waals surface area contributed by atoms with E-state index >= 15 is 0 Å². The number of methoxy groups -OCH3 is 1. The SMILES string of the molecule is COc1ccc(C(=O)NCC(=O)N2CCN(Cc3csc(-c4ccccc4)n3)CC2)cc1. The molecular formula is C24H26N4O3S. The van der Waals surface area contributed by atoms with E-state index in [0.717, 1.165) is 35.9 Å². The van der Waals surface area contributed by atoms with Gasteiger partial charge in [-0.15, -0.1) is 11.3 Å². The summed E-state index contributed by atoms with van der Waals surface area (Å²) in [5, 5.41) is 5.85. The fourth-order valence-corrected chi connectivity index (χ4v) is 4.41. The summed E-state index contributed by atoms with van der Waals surface area (Å²) in [6.45, 7) is 3.64. The van der Waals surface area contributed by atoms with Crippen molar-refractivity contribution in [3.63, 3.8) is 0 Å². The normalized spacial score (nSPS) is 14.2. The molecule has 3 aromatic rings. The van der Waals surface area contributed by atoms with Crippen LogP contribution in [0.5, 0.6) is 5.75 Å². The Morgan fingerprint density at radius 2 is 1.75 bits per heavy atom. The van der Waals surface area contributed by atoms with E-state index in [-0.39, 0.29) is 18.4 Å². The van der Waals surface area contributed by atoms with Crippen LogP contribution in [0.1, 0.15) is 16.1 Å². The summed E-state index contributed by atoms with van der Waals surface area (Å²) >= 11 is 1.66. The molecule has 7 nitrogen and oxygen atoms in total. The molecule has 8 heteroatoms. The third-order valence-electron chi connectivity index (χ3n) is 5.44. The molecule has 1 fully saturated rings. The number of carbonyl (C=O) groups is 2. The zero-order valence-corrected chi connectivity index (χ0v) is 18.8. The van der Waals surface area contributed by atoms with Gasteiger partial charge in [-0.05, 0) is 24.3 Å². The van der Waals surface area contributed by atoms with E-state index in [0.29, 0.717) is 24.4 Å². The molecule has 0 bridgehead atoms. The molecule has 32 heavy (non-hydrogen) atoms. The van der Waals surface area contributed by atoms with Gasteiger partial charge in [-0.3, -0.25) is 14.5 Å². The van der Waals surface area contributed by atoms with Gasteiger partial charge in [-0.2, -0.15) is 0 Å². The predicted molar refractivity (Wildman–Crippen MR) is 125 cm³/mol. The van der Waals surface area contributed by atoms with Gasteiger partial charge in [-0.1, -0.05) is 30.3 Å². The van der Waals surface area contributed by atoms with Gasteiger partial charge in [0.1, 0.15) is 10.8 Å². The lowest BCUT2D eigenvalue weighted by molar-refractivity contribution is -0.131. The van der Waals surface area contributed by atoms with Crippen molar-refractivity contribution in [1.82, 2.24) is 20.1 Å². The summed E-state index contributed by atoms with van der Waals surface area (Å²) in [5.74, 6) is 0.355. The molecule has 166 valence electrons. The lowest BCUT2D eigenvalue weighted by Gasteiger charge is -2.34. The van der Waals surface area contributed by atoms with Crippen LogP contribution in [0, 0.1) is 0 Å². The summed E-state index contributed by atoms with van der Waals surface area (Å²) in [6, 6.07) is 17.0. The number of thiazole rings is 1. The molecule has 2 aromatic carbocycles. The van der Waals surface area contributed by atoms with E-state index in [2.05, 4.69) is 27.7 Å². The number of benzene rings is 2. The maximum absolute atomic E-state index is 12.5. The summed E-state index contributed by atoms with van der Waals surface area (Å²) in [7, 11) is 1.58. The van der Waals surface area contributed by atoms with Crippen LogP contribution in [0.25, 0.3) is 10.6 Å². The molecule has 0 saturated carbocycles. The van der Waals surface area contributed by atoms with Gasteiger partial charge >= 0.3 is 0 Å². The lowest BCUT2D eigenvalue weighted by Crippen LogP contribution is -2.50. The first-order valence-electron chi connectivity index (χ1n) is 10.5. The van der Waals surface area contributed by atoms with Crippen molar-refractivity contribution < 1.29 is 14.3 Å². The maximum Gasteiger partial charge on any atom is 0.251 e. The zero-order valence-electron chi connectivity index (χ0n) is 18.0. The average Bonchev–Trinajstić information content (AvgIpc) is 3.32. The second kappa shape index (κ2) is 10.4. The summed E-state index contributed by atoms with van der Waals surface area (Å²) in [4.78, 5) is 33.6. The average molecular weight is 451 g/mol. The third-order valence-corrected chi connectivity index (χ3v) is 6.38. The number of nitrogens with zero attached hydrogens (tertiary/aromatic N) is 3. The molecule has 4 rings (SSSR count). The minimum Gasteiger partial charge on any atom is -0.497 e. The molecule has 0 spiro atoms. The topological polar surface area (TPSA) is 74.8 Å². The van der Waals surface area contributed by atoms with Crippen LogP contribution in [-0.4, -0.2) is 66.4 Å². The van der Waals surface area contributed by atoms with E-state index in [1.54, 1.807) is 47.6 Å². The Kier molecular flexibility index (Phi) is 7.14. The van der Waals surface area contributed by atoms with Crippen LogP contribution in [0.4, 0.5) is 0 Å². The number of ether oxygens (including phenoxy) is 1. The molecule has 0 atom stereocenters. The van der Waals surface area contributed by atoms with Crippen LogP contribution in [0.15, 0.2) is 60.0 Å². The number of aromatic nitrogens is 1. The van der Waals surface area contributed by atoms with E-state index < -0.39 is 0 Å². The number of nitrogens with one attached hydrogen (secondary N) is 1. The Bertz CT molecular complexity index is 1040. The molecule has 0 radical (unpaired) electrons. The molecule has 0 aliphatic carbocycles. The number of amides is 2. The standard InChI is InChI=1S/C24H26N4O3S/c1-31-21-9-7-18(8-10-21)23(30)25-15-22(29)28-13-11-27(12-14-28)16-20-17-32-24(26-20)19-5-3-2-4-6-19/h2-10,17H,11-16H2,1H3,(H,25,30). The molecule has 1 aliphatic heterocycles. The fourth-order valence-electron chi connectivity index (χ4n) is 3.59. The van der Waals surface area contributed by atoms with Gasteiger partial charge in [0.2, 0.25) is 5.91 Å². The number of piperazine rings is 1. The highest BCUT2D eigenvalue weighted by Crippen LogP contribution is 2.24. The molecule has 2 amide bonds. The highest BCUT2D eigenvalue weighted by atomic mass is 32.1. The number of rotatable bonds is 7. The number of hydrogen-bond acceptors (Lipinski definition) is 6. The van der Waals surface area contributed by atoms with E-state index in [4.69, 9.17) is 9.72 Å². The molecule has 1 saturated heterocycles.